The normalized spacial score (nSPS) is 20.8. The number of rotatable bonds is 3. The lowest BCUT2D eigenvalue weighted by Crippen LogP contribution is -2.51. The van der Waals surface area contributed by atoms with Crippen molar-refractivity contribution in [3.8, 4) is 0 Å². The van der Waals surface area contributed by atoms with Crippen LogP contribution in [0.2, 0.25) is 0 Å². The predicted octanol–water partition coefficient (Wildman–Crippen LogP) is 2.05. The first-order valence-electron chi connectivity index (χ1n) is 8.04. The molecule has 0 unspecified atom stereocenters. The molecule has 2 aliphatic heterocycles. The summed E-state index contributed by atoms with van der Waals surface area (Å²) < 4.78 is 60.8. The van der Waals surface area contributed by atoms with Gasteiger partial charge in [-0.1, -0.05) is 12.1 Å². The predicted molar refractivity (Wildman–Crippen MR) is 84.0 cm³/mol. The third-order valence-corrected chi connectivity index (χ3v) is 5.93. The molecule has 1 amide bonds. The van der Waals surface area contributed by atoms with Crippen molar-refractivity contribution < 1.29 is 31.5 Å². The second kappa shape index (κ2) is 6.97. The van der Waals surface area contributed by atoms with Crippen LogP contribution in [-0.2, 0) is 19.3 Å². The van der Waals surface area contributed by atoms with Crippen molar-refractivity contribution in [3.05, 3.63) is 29.8 Å². The maximum absolute atomic E-state index is 12.9. The number of ether oxygens (including phenoxy) is 2. The first-order chi connectivity index (χ1) is 11.9. The molecular formula is C16H19F2NO5S. The van der Waals surface area contributed by atoms with Crippen LogP contribution in [0.25, 0.3) is 0 Å². The van der Waals surface area contributed by atoms with E-state index in [0.717, 1.165) is 12.5 Å². The van der Waals surface area contributed by atoms with Gasteiger partial charge in [0, 0.05) is 25.9 Å². The number of piperidine rings is 1. The van der Waals surface area contributed by atoms with E-state index in [-0.39, 0.29) is 5.56 Å². The lowest BCUT2D eigenvalue weighted by molar-refractivity contribution is -0.281. The molecule has 1 aromatic carbocycles. The zero-order valence-corrected chi connectivity index (χ0v) is 14.3. The highest BCUT2D eigenvalue weighted by molar-refractivity contribution is 7.91. The quantitative estimate of drug-likeness (QED) is 0.809. The Hall–Kier alpha value is -1.58. The van der Waals surface area contributed by atoms with Gasteiger partial charge in [-0.05, 0) is 18.6 Å². The van der Waals surface area contributed by atoms with E-state index < -0.39 is 32.2 Å². The molecule has 0 N–H and O–H groups in total. The number of amides is 1. The van der Waals surface area contributed by atoms with Crippen LogP contribution in [0.15, 0.2) is 29.2 Å². The highest BCUT2D eigenvalue weighted by Crippen LogP contribution is 2.32. The molecule has 0 bridgehead atoms. The third kappa shape index (κ3) is 3.54. The zero-order chi connectivity index (χ0) is 18.1. The number of halogens is 2. The number of sulfone groups is 1. The number of carbonyl (C=O) groups is 1. The van der Waals surface area contributed by atoms with Crippen LogP contribution in [-0.4, -0.2) is 57.1 Å². The number of hydrogen-bond donors (Lipinski definition) is 0. The Kier molecular flexibility index (Phi) is 5.08. The molecular weight excluding hydrogens is 356 g/mol. The van der Waals surface area contributed by atoms with Gasteiger partial charge in [0.1, 0.15) is 0 Å². The summed E-state index contributed by atoms with van der Waals surface area (Å²) in [5, 5.41) is 0. The SMILES string of the molecule is O=C(c1ccccc1S(=O)(=O)C(F)F)N1CCC2(CC1)OCCCO2. The van der Waals surface area contributed by atoms with Crippen molar-refractivity contribution >= 4 is 15.7 Å². The number of likely N-dealkylation sites (tertiary alicyclic amines) is 1. The number of carbonyl (C=O) groups excluding carboxylic acids is 1. The van der Waals surface area contributed by atoms with Crippen LogP contribution in [0.3, 0.4) is 0 Å². The smallest absolute Gasteiger partial charge is 0.341 e. The van der Waals surface area contributed by atoms with Gasteiger partial charge in [-0.25, -0.2) is 8.42 Å². The van der Waals surface area contributed by atoms with Crippen molar-refractivity contribution in [2.24, 2.45) is 0 Å². The van der Waals surface area contributed by atoms with Gasteiger partial charge in [0.2, 0.25) is 9.84 Å². The van der Waals surface area contributed by atoms with E-state index in [9.17, 15) is 22.0 Å². The molecule has 2 fully saturated rings. The molecule has 1 aromatic rings. The monoisotopic (exact) mass is 375 g/mol. The Bertz CT molecular complexity index is 737. The average molecular weight is 375 g/mol. The maximum atomic E-state index is 12.9. The molecule has 3 rings (SSSR count). The number of alkyl halides is 2. The second-order valence-corrected chi connectivity index (χ2v) is 7.94. The fourth-order valence-corrected chi connectivity index (χ4v) is 4.04. The summed E-state index contributed by atoms with van der Waals surface area (Å²) in [6, 6.07) is 5.07. The van der Waals surface area contributed by atoms with E-state index >= 15 is 0 Å². The largest absolute Gasteiger partial charge is 0.350 e. The average Bonchev–Trinajstić information content (AvgIpc) is 2.62. The van der Waals surface area contributed by atoms with Crippen LogP contribution in [0.5, 0.6) is 0 Å². The minimum Gasteiger partial charge on any atom is -0.350 e. The maximum Gasteiger partial charge on any atom is 0.341 e. The van der Waals surface area contributed by atoms with Gasteiger partial charge in [0.25, 0.3) is 5.91 Å². The lowest BCUT2D eigenvalue weighted by Gasteiger charge is -2.43. The van der Waals surface area contributed by atoms with Crippen LogP contribution >= 0.6 is 0 Å². The first-order valence-corrected chi connectivity index (χ1v) is 9.59. The van der Waals surface area contributed by atoms with Crippen LogP contribution in [0.4, 0.5) is 8.78 Å². The molecule has 2 saturated heterocycles. The summed E-state index contributed by atoms with van der Waals surface area (Å²) in [6.45, 7) is 1.82. The van der Waals surface area contributed by atoms with Gasteiger partial charge in [0.05, 0.1) is 23.7 Å². The summed E-state index contributed by atoms with van der Waals surface area (Å²) in [5.74, 6) is -4.84. The standard InChI is InChI=1S/C16H19F2NO5S/c17-15(18)25(21,22)13-5-2-1-4-12(13)14(20)19-8-6-16(7-9-19)23-10-3-11-24-16/h1-2,4-5,15H,3,6-11H2. The van der Waals surface area contributed by atoms with E-state index in [1.54, 1.807) is 0 Å². The second-order valence-electron chi connectivity index (χ2n) is 6.06. The topological polar surface area (TPSA) is 72.9 Å². The van der Waals surface area contributed by atoms with E-state index in [1.807, 2.05) is 0 Å². The number of hydrogen-bond acceptors (Lipinski definition) is 5. The summed E-state index contributed by atoms with van der Waals surface area (Å²) in [4.78, 5) is 13.5. The van der Waals surface area contributed by atoms with Crippen molar-refractivity contribution in [1.29, 1.82) is 0 Å². The molecule has 1 spiro atoms. The highest BCUT2D eigenvalue weighted by atomic mass is 32.2. The minimum atomic E-state index is -4.85. The fraction of sp³-hybridized carbons (Fsp3) is 0.562. The molecule has 9 heteroatoms. The Balaban J connectivity index is 1.79. The van der Waals surface area contributed by atoms with Crippen molar-refractivity contribution in [3.63, 3.8) is 0 Å². The molecule has 6 nitrogen and oxygen atoms in total. The Morgan fingerprint density at radius 2 is 1.72 bits per heavy atom. The molecule has 0 atom stereocenters. The molecule has 0 aromatic heterocycles. The fourth-order valence-electron chi connectivity index (χ4n) is 3.11. The summed E-state index contributed by atoms with van der Waals surface area (Å²) in [5.41, 5.74) is -0.232. The van der Waals surface area contributed by atoms with Crippen molar-refractivity contribution in [2.45, 2.75) is 35.7 Å². The van der Waals surface area contributed by atoms with Gasteiger partial charge >= 0.3 is 5.76 Å². The Morgan fingerprint density at radius 3 is 2.32 bits per heavy atom. The molecule has 2 heterocycles. The first kappa shape index (κ1) is 18.2. The molecule has 138 valence electrons. The zero-order valence-electron chi connectivity index (χ0n) is 13.5. The Morgan fingerprint density at radius 1 is 1.12 bits per heavy atom. The van der Waals surface area contributed by atoms with Gasteiger partial charge in [-0.3, -0.25) is 4.79 Å². The molecule has 0 aliphatic carbocycles. The van der Waals surface area contributed by atoms with Gasteiger partial charge in [-0.15, -0.1) is 0 Å². The van der Waals surface area contributed by atoms with Crippen LogP contribution in [0, 0.1) is 0 Å². The van der Waals surface area contributed by atoms with E-state index in [2.05, 4.69) is 0 Å². The van der Waals surface area contributed by atoms with Crippen LogP contribution < -0.4 is 0 Å². The summed E-state index contributed by atoms with van der Waals surface area (Å²) in [7, 11) is -4.85. The highest BCUT2D eigenvalue weighted by Gasteiger charge is 2.40. The van der Waals surface area contributed by atoms with E-state index in [1.165, 1.54) is 23.1 Å². The molecule has 0 saturated carbocycles. The Labute approximate surface area is 144 Å². The number of benzene rings is 1. The van der Waals surface area contributed by atoms with Gasteiger partial charge in [-0.2, -0.15) is 8.78 Å². The van der Waals surface area contributed by atoms with Crippen molar-refractivity contribution in [2.75, 3.05) is 26.3 Å². The van der Waals surface area contributed by atoms with E-state index in [4.69, 9.17) is 9.47 Å². The molecule has 25 heavy (non-hydrogen) atoms. The lowest BCUT2D eigenvalue weighted by atomic mass is 10.0. The third-order valence-electron chi connectivity index (χ3n) is 4.49. The van der Waals surface area contributed by atoms with Crippen LogP contribution in [0.1, 0.15) is 29.6 Å². The van der Waals surface area contributed by atoms with Gasteiger partial charge < -0.3 is 14.4 Å². The summed E-state index contributed by atoms with van der Waals surface area (Å²) in [6.07, 6.45) is 1.74. The summed E-state index contributed by atoms with van der Waals surface area (Å²) >= 11 is 0. The number of nitrogens with zero attached hydrogens (tertiary/aromatic N) is 1. The van der Waals surface area contributed by atoms with Gasteiger partial charge in [0.15, 0.2) is 5.79 Å². The van der Waals surface area contributed by atoms with E-state index in [0.29, 0.717) is 39.1 Å². The minimum absolute atomic E-state index is 0.232. The molecule has 2 aliphatic rings. The molecule has 0 radical (unpaired) electrons. The van der Waals surface area contributed by atoms with Crippen molar-refractivity contribution in [1.82, 2.24) is 4.90 Å².